The normalized spacial score (nSPS) is 12.2. The predicted molar refractivity (Wildman–Crippen MR) is 257 cm³/mol. The quantitative estimate of drug-likeness (QED) is 0.0850. The van der Waals surface area contributed by atoms with E-state index in [2.05, 4.69) is 195 Å². The molecule has 6 heteroatoms. The van der Waals surface area contributed by atoms with Crippen molar-refractivity contribution in [2.24, 2.45) is 0 Å². The van der Waals surface area contributed by atoms with Crippen LogP contribution < -0.4 is 4.74 Å². The Hall–Kier alpha value is -6.76. The maximum absolute atomic E-state index is 6.27. The lowest BCUT2D eigenvalue weighted by Crippen LogP contribution is -2.35. The average molecular weight is 801 g/mol. The van der Waals surface area contributed by atoms with Crippen LogP contribution in [0.5, 0.6) is 5.75 Å². The van der Waals surface area contributed by atoms with E-state index in [1.54, 1.807) is 0 Å². The fraction of sp³-hybridized carbons (Fsp3) is 0.200. The Kier molecular flexibility index (Phi) is 11.6. The van der Waals surface area contributed by atoms with Gasteiger partial charge in [0.25, 0.3) is 0 Å². The first-order valence-corrected chi connectivity index (χ1v) is 21.7. The van der Waals surface area contributed by atoms with E-state index in [4.69, 9.17) is 14.7 Å². The summed E-state index contributed by atoms with van der Waals surface area (Å²) < 4.78 is 7.32. The summed E-state index contributed by atoms with van der Waals surface area (Å²) in [5.41, 5.74) is 16.0. The number of nitrogens with zero attached hydrogens (tertiary/aromatic N) is 3. The molecular weight excluding hydrogens is 747 g/mol. The molecule has 2 aliphatic heterocycles. The number of nitrogens with one attached hydrogen (secondary N) is 2. The number of hydrogen-bond acceptors (Lipinski definition) is 3. The van der Waals surface area contributed by atoms with Crippen LogP contribution in [0.25, 0.3) is 90.9 Å². The van der Waals surface area contributed by atoms with Crippen molar-refractivity contribution in [3.05, 3.63) is 162 Å². The summed E-state index contributed by atoms with van der Waals surface area (Å²) >= 11 is 0. The van der Waals surface area contributed by atoms with Gasteiger partial charge in [-0.3, -0.25) is 0 Å². The second-order valence-electron chi connectivity index (χ2n) is 17.1. The van der Waals surface area contributed by atoms with Crippen LogP contribution in [0.2, 0.25) is 0 Å². The summed E-state index contributed by atoms with van der Waals surface area (Å²) in [7, 11) is 6.81. The fourth-order valence-corrected chi connectivity index (χ4v) is 8.54. The van der Waals surface area contributed by atoms with Gasteiger partial charge in [-0.2, -0.15) is 0 Å². The number of benzene rings is 4. The van der Waals surface area contributed by atoms with Crippen LogP contribution in [-0.2, 0) is 0 Å². The molecule has 0 fully saturated rings. The highest BCUT2D eigenvalue weighted by atomic mass is 16.5. The molecule has 0 aliphatic carbocycles. The van der Waals surface area contributed by atoms with Crippen molar-refractivity contribution < 1.29 is 9.22 Å². The van der Waals surface area contributed by atoms with Crippen LogP contribution in [0, 0.1) is 0 Å². The molecule has 5 heterocycles. The molecule has 9 rings (SSSR count). The van der Waals surface area contributed by atoms with Crippen molar-refractivity contribution in [1.82, 2.24) is 19.9 Å². The third kappa shape index (κ3) is 9.06. The van der Waals surface area contributed by atoms with E-state index in [0.29, 0.717) is 0 Å². The first-order valence-electron chi connectivity index (χ1n) is 21.7. The Labute approximate surface area is 359 Å². The molecular formula is C55H54N5O+. The third-order valence-electron chi connectivity index (χ3n) is 11.6. The molecule has 0 amide bonds. The maximum atomic E-state index is 6.27. The monoisotopic (exact) mass is 800 g/mol. The van der Waals surface area contributed by atoms with Crippen LogP contribution >= 0.6 is 0 Å². The number of H-pyrrole nitrogens is 2. The number of ether oxygens (including phenoxy) is 1. The van der Waals surface area contributed by atoms with Crippen molar-refractivity contribution in [3.8, 4) is 50.3 Å². The Morgan fingerprint density at radius 1 is 0.393 bits per heavy atom. The van der Waals surface area contributed by atoms with Crippen molar-refractivity contribution in [1.29, 1.82) is 0 Å². The molecule has 3 aromatic heterocycles. The minimum absolute atomic E-state index is 0.723. The molecule has 7 aromatic rings. The van der Waals surface area contributed by atoms with Gasteiger partial charge in [-0.1, -0.05) is 122 Å². The number of aromatic nitrogens is 4. The molecule has 304 valence electrons. The number of fused-ring (bicyclic) bond motifs is 8. The van der Waals surface area contributed by atoms with Crippen LogP contribution in [0.3, 0.4) is 0 Å². The lowest BCUT2D eigenvalue weighted by Gasteiger charge is -2.23. The number of aromatic amines is 2. The second kappa shape index (κ2) is 17.8. The standard InChI is InChI=1S/C55H54N5O/c1-60(2,3)37-17-6-4-5-7-18-38-61-43-27-25-42(26-28-43)55-50-35-33-48(58-50)53(40-21-13-9-14-22-40)46-31-29-44(56-46)52(39-19-11-8-12-20-39)45-30-32-47(57-45)54(41-23-15-10-16-24-41)49-34-36-51(55)59-49/h8-16,19-36,56,59H,4-7,17-18,37-38H2,1-3H3/q+1. The molecule has 0 saturated heterocycles. The summed E-state index contributed by atoms with van der Waals surface area (Å²) in [6.45, 7) is 1.96. The molecule has 2 aliphatic rings. The van der Waals surface area contributed by atoms with E-state index >= 15 is 0 Å². The lowest BCUT2D eigenvalue weighted by molar-refractivity contribution is -0.870. The fourth-order valence-electron chi connectivity index (χ4n) is 8.54. The molecule has 2 N–H and O–H groups in total. The highest BCUT2D eigenvalue weighted by molar-refractivity contribution is 5.99. The van der Waals surface area contributed by atoms with Crippen LogP contribution in [0.15, 0.2) is 140 Å². The molecule has 8 bridgehead atoms. The van der Waals surface area contributed by atoms with Crippen molar-refractivity contribution in [3.63, 3.8) is 0 Å². The Morgan fingerprint density at radius 2 is 0.738 bits per heavy atom. The molecule has 0 spiro atoms. The highest BCUT2D eigenvalue weighted by Crippen LogP contribution is 2.38. The van der Waals surface area contributed by atoms with Gasteiger partial charge in [-0.15, -0.1) is 0 Å². The summed E-state index contributed by atoms with van der Waals surface area (Å²) in [6, 6.07) is 48.8. The van der Waals surface area contributed by atoms with Gasteiger partial charge in [0.1, 0.15) is 5.75 Å². The molecule has 61 heavy (non-hydrogen) atoms. The Bertz CT molecular complexity index is 2810. The predicted octanol–water partition coefficient (Wildman–Crippen LogP) is 13.7. The molecule has 0 atom stereocenters. The van der Waals surface area contributed by atoms with Crippen LogP contribution in [0.1, 0.15) is 61.3 Å². The topological polar surface area (TPSA) is 66.6 Å². The van der Waals surface area contributed by atoms with Gasteiger partial charge in [-0.25, -0.2) is 9.97 Å². The Morgan fingerprint density at radius 3 is 1.11 bits per heavy atom. The van der Waals surface area contributed by atoms with Crippen LogP contribution in [-0.4, -0.2) is 58.7 Å². The average Bonchev–Trinajstić information content (AvgIpc) is 4.13. The van der Waals surface area contributed by atoms with Crippen molar-refractivity contribution in [2.75, 3.05) is 34.3 Å². The number of unbranched alkanes of at least 4 members (excludes halogenated alkanes) is 5. The summed E-state index contributed by atoms with van der Waals surface area (Å²) in [5, 5.41) is 0. The van der Waals surface area contributed by atoms with E-state index in [0.717, 1.165) is 113 Å². The zero-order chi connectivity index (χ0) is 41.6. The molecule has 4 aromatic carbocycles. The van der Waals surface area contributed by atoms with E-state index < -0.39 is 0 Å². The summed E-state index contributed by atoms with van der Waals surface area (Å²) in [5.74, 6) is 0.885. The molecule has 0 radical (unpaired) electrons. The van der Waals surface area contributed by atoms with Gasteiger partial charge in [0.05, 0.1) is 57.1 Å². The first kappa shape index (κ1) is 39.7. The minimum atomic E-state index is 0.723. The van der Waals surface area contributed by atoms with Crippen molar-refractivity contribution >= 4 is 46.4 Å². The molecule has 0 saturated carbocycles. The highest BCUT2D eigenvalue weighted by Gasteiger charge is 2.19. The third-order valence-corrected chi connectivity index (χ3v) is 11.6. The molecule has 0 unspecified atom stereocenters. The molecule has 6 nitrogen and oxygen atoms in total. The van der Waals surface area contributed by atoms with Gasteiger partial charge in [-0.05, 0) is 102 Å². The number of hydrogen-bond donors (Lipinski definition) is 2. The van der Waals surface area contributed by atoms with E-state index in [-0.39, 0.29) is 0 Å². The van der Waals surface area contributed by atoms with Gasteiger partial charge in [0.2, 0.25) is 0 Å². The lowest BCUT2D eigenvalue weighted by atomic mass is 10.0. The second-order valence-corrected chi connectivity index (χ2v) is 17.1. The Balaban J connectivity index is 1.17. The number of quaternary nitrogens is 1. The largest absolute Gasteiger partial charge is 0.494 e. The van der Waals surface area contributed by atoms with E-state index in [1.807, 2.05) is 0 Å². The zero-order valence-electron chi connectivity index (χ0n) is 35.5. The van der Waals surface area contributed by atoms with Crippen molar-refractivity contribution in [2.45, 2.75) is 38.5 Å². The van der Waals surface area contributed by atoms with Gasteiger partial charge in [0.15, 0.2) is 0 Å². The summed E-state index contributed by atoms with van der Waals surface area (Å²) in [6.07, 6.45) is 16.0. The summed E-state index contributed by atoms with van der Waals surface area (Å²) in [4.78, 5) is 18.5. The minimum Gasteiger partial charge on any atom is -0.494 e. The first-order chi connectivity index (χ1) is 29.9. The van der Waals surface area contributed by atoms with Crippen LogP contribution in [0.4, 0.5) is 0 Å². The number of rotatable bonds is 14. The maximum Gasteiger partial charge on any atom is 0.119 e. The van der Waals surface area contributed by atoms with E-state index in [1.165, 1.54) is 38.6 Å². The smallest absolute Gasteiger partial charge is 0.119 e. The van der Waals surface area contributed by atoms with E-state index in [9.17, 15) is 0 Å². The van der Waals surface area contributed by atoms with Gasteiger partial charge >= 0.3 is 0 Å². The van der Waals surface area contributed by atoms with Gasteiger partial charge in [0, 0.05) is 44.3 Å². The SMILES string of the molecule is C[N+](C)(C)CCCCCCCCOc1ccc(-c2c3nc(c(-c4ccccc4)c4ccc([nH]4)c(-c4ccccc4)c4nc(c(-c5ccccc5)c5ccc2[nH]5)C=C4)C=C3)cc1. The zero-order valence-corrected chi connectivity index (χ0v) is 35.5. The van der Waals surface area contributed by atoms with Gasteiger partial charge < -0.3 is 19.2 Å².